The molecule has 506 valence electrons. The summed E-state index contributed by atoms with van der Waals surface area (Å²) in [7, 11) is -0.385. The van der Waals surface area contributed by atoms with Gasteiger partial charge in [-0.25, -0.2) is 24.5 Å². The van der Waals surface area contributed by atoms with E-state index in [1.807, 2.05) is 112 Å². The van der Waals surface area contributed by atoms with Gasteiger partial charge in [-0.15, -0.1) is 23.7 Å². The van der Waals surface area contributed by atoms with Crippen LogP contribution in [-0.2, 0) is 38.0 Å². The van der Waals surface area contributed by atoms with Gasteiger partial charge in [-0.3, -0.25) is 15.0 Å². The van der Waals surface area contributed by atoms with Crippen LogP contribution < -0.4 is 24.8 Å². The van der Waals surface area contributed by atoms with Crippen LogP contribution in [0.2, 0.25) is 0 Å². The molecule has 0 spiro atoms. The maximum absolute atomic E-state index is 12.3. The molecule has 3 aliphatic carbocycles. The molecule has 2 amide bonds. The monoisotopic (exact) mass is 1440 g/mol. The third kappa shape index (κ3) is 15.4. The molecular formula is C73H83BBrClN12O6S3. The van der Waals surface area contributed by atoms with Crippen LogP contribution in [0.4, 0.5) is 25.0 Å². The first-order chi connectivity index (χ1) is 46.0. The van der Waals surface area contributed by atoms with Crippen molar-refractivity contribution in [1.82, 2.24) is 45.0 Å². The average molecular weight is 1450 g/mol. The molecule has 4 aliphatic heterocycles. The summed E-state index contributed by atoms with van der Waals surface area (Å²) in [4.78, 5) is 64.9. The number of thiazole rings is 3. The number of fused-ring (bicyclic) bond motifs is 9. The zero-order valence-corrected chi connectivity index (χ0v) is 61.5. The lowest BCUT2D eigenvalue weighted by atomic mass is 9.89. The van der Waals surface area contributed by atoms with Crippen molar-refractivity contribution >= 4 is 102 Å². The maximum Gasteiger partial charge on any atom is 0.507 e. The number of ether oxygens (including phenoxy) is 2. The molecule has 0 bridgehead atoms. The molecule has 4 saturated heterocycles. The van der Waals surface area contributed by atoms with E-state index in [9.17, 15) is 9.59 Å². The van der Waals surface area contributed by atoms with Crippen LogP contribution in [0.1, 0.15) is 103 Å². The SMILES string of the molecule is Brc1ccnc2c1-c1ccccc1C2.CC(C)(C)OC(=O)N1CCN(c2ncc(-c3ccnc4c3-c3ccccc3C4)s2)CC1.CC(C)(C)OC(=O)N1CCN(c2ncc(B3OC(C)(C)C(C)(C)O3)s2)CC1.Cl.c1ccc2c(c1)Cc1nccc(-c3cnc(N4CCNCC4)s3)c1-2. The van der Waals surface area contributed by atoms with Crippen molar-refractivity contribution in [2.24, 2.45) is 0 Å². The molecule has 18 nitrogen and oxygen atoms in total. The number of aromatic nitrogens is 6. The number of pyridine rings is 3. The smallest absolute Gasteiger partial charge is 0.444 e. The van der Waals surface area contributed by atoms with Crippen LogP contribution in [0, 0.1) is 0 Å². The predicted octanol–water partition coefficient (Wildman–Crippen LogP) is 14.4. The fourth-order valence-electron chi connectivity index (χ4n) is 12.7. The number of carbonyl (C=O) groups excluding carboxylic acids is 2. The first-order valence-electron chi connectivity index (χ1n) is 33.0. The minimum atomic E-state index is -0.471. The second kappa shape index (κ2) is 28.9. The Morgan fingerprint density at radius 3 is 1.29 bits per heavy atom. The minimum absolute atomic E-state index is 0. The number of nitrogens with one attached hydrogen (secondary N) is 1. The van der Waals surface area contributed by atoms with E-state index >= 15 is 0 Å². The van der Waals surface area contributed by atoms with Crippen molar-refractivity contribution in [3.05, 3.63) is 166 Å². The minimum Gasteiger partial charge on any atom is -0.444 e. The number of carbonyl (C=O) groups is 2. The highest BCUT2D eigenvalue weighted by atomic mass is 79.9. The van der Waals surface area contributed by atoms with Gasteiger partial charge in [-0.05, 0) is 121 Å². The molecule has 16 rings (SSSR count). The van der Waals surface area contributed by atoms with Crippen LogP contribution in [0.15, 0.2) is 133 Å². The van der Waals surface area contributed by atoms with Crippen LogP contribution in [-0.4, -0.2) is 160 Å². The number of rotatable bonds is 6. The van der Waals surface area contributed by atoms with Crippen molar-refractivity contribution in [2.75, 3.05) is 93.2 Å². The number of nitrogens with zero attached hydrogens (tertiary/aromatic N) is 11. The molecule has 24 heteroatoms. The van der Waals surface area contributed by atoms with Gasteiger partial charge in [0.1, 0.15) is 11.2 Å². The highest BCUT2D eigenvalue weighted by Gasteiger charge is 2.52. The highest BCUT2D eigenvalue weighted by Crippen LogP contribution is 2.47. The van der Waals surface area contributed by atoms with Crippen molar-refractivity contribution in [1.29, 1.82) is 0 Å². The lowest BCUT2D eigenvalue weighted by Crippen LogP contribution is -2.50. The first-order valence-corrected chi connectivity index (χ1v) is 36.3. The van der Waals surface area contributed by atoms with Gasteiger partial charge in [0.25, 0.3) is 0 Å². The Labute approximate surface area is 595 Å². The second-order valence-electron chi connectivity index (χ2n) is 27.8. The Bertz CT molecular complexity index is 4290. The van der Waals surface area contributed by atoms with Gasteiger partial charge in [-0.1, -0.05) is 111 Å². The number of amides is 2. The van der Waals surface area contributed by atoms with Crippen molar-refractivity contribution < 1.29 is 28.4 Å². The molecule has 7 aliphatic rings. The van der Waals surface area contributed by atoms with Gasteiger partial charge in [0.15, 0.2) is 15.4 Å². The molecule has 9 aromatic rings. The van der Waals surface area contributed by atoms with E-state index in [2.05, 4.69) is 141 Å². The van der Waals surface area contributed by atoms with Gasteiger partial charge in [-0.2, -0.15) is 0 Å². The molecule has 3 aromatic carbocycles. The standard InChI is InChI=1S/C24H26N4O2S.C19H18N4S.C18H30BN3O4S.C12H8BrN.ClH/c1-24(2,3)30-23(29)28-12-10-27(11-13-28)22-26-15-20(31-22)18-8-9-25-19-14-16-6-4-5-7-17(16)21(18)19;1-2-4-14-13(3-1)11-16-18(14)15(5-6-21-16)17-12-22-19(24-17)23-9-7-20-8-10-23;1-16(2,3)24-15(23)22-10-8-21(9-11-22)14-20-12-13(27-14)19-25-17(4,5)18(6,7)26-19;13-10-5-6-14-11-7-8-3-1-2-4-9(8)12(10)11;/h4-9,15H,10-14H2,1-3H3;1-6,12,20H,7-11H2;12H,8-11H2,1-7H3;1-6H,7H2;1H. The summed E-state index contributed by atoms with van der Waals surface area (Å²) in [5.74, 6) is 0. The predicted molar refractivity (Wildman–Crippen MR) is 398 cm³/mol. The third-order valence-electron chi connectivity index (χ3n) is 18.3. The van der Waals surface area contributed by atoms with Crippen LogP contribution in [0.3, 0.4) is 0 Å². The summed E-state index contributed by atoms with van der Waals surface area (Å²) in [6.07, 6.45) is 13.8. The molecule has 97 heavy (non-hydrogen) atoms. The maximum atomic E-state index is 12.3. The summed E-state index contributed by atoms with van der Waals surface area (Å²) >= 11 is 8.66. The molecule has 10 heterocycles. The van der Waals surface area contributed by atoms with E-state index in [-0.39, 0.29) is 42.9 Å². The van der Waals surface area contributed by atoms with Crippen LogP contribution in [0.5, 0.6) is 0 Å². The molecule has 0 saturated carbocycles. The zero-order chi connectivity index (χ0) is 67.1. The largest absolute Gasteiger partial charge is 0.507 e. The topological polar surface area (TPSA) is 177 Å². The molecule has 6 aromatic heterocycles. The summed E-state index contributed by atoms with van der Waals surface area (Å²) in [6, 6.07) is 31.9. The number of hydrogen-bond donors (Lipinski definition) is 1. The molecule has 1 N–H and O–H groups in total. The lowest BCUT2D eigenvalue weighted by Gasteiger charge is -2.35. The van der Waals surface area contributed by atoms with E-state index in [4.69, 9.17) is 28.8 Å². The van der Waals surface area contributed by atoms with Gasteiger partial charge in [0.2, 0.25) is 0 Å². The third-order valence-corrected chi connectivity index (χ3v) is 22.2. The molecule has 0 atom stereocenters. The molecular weight excluding hydrogens is 1360 g/mol. The number of halogens is 2. The Morgan fingerprint density at radius 1 is 0.485 bits per heavy atom. The Morgan fingerprint density at radius 2 is 0.856 bits per heavy atom. The van der Waals surface area contributed by atoms with E-state index in [0.29, 0.717) is 26.2 Å². The summed E-state index contributed by atoms with van der Waals surface area (Å²) in [6.45, 7) is 29.2. The van der Waals surface area contributed by atoms with Crippen molar-refractivity contribution in [3.8, 4) is 54.3 Å². The van der Waals surface area contributed by atoms with E-state index in [0.717, 1.165) is 107 Å². The zero-order valence-electron chi connectivity index (χ0n) is 56.7. The summed E-state index contributed by atoms with van der Waals surface area (Å²) in [5.41, 5.74) is 16.1. The van der Waals surface area contributed by atoms with E-state index in [1.54, 1.807) is 43.8 Å². The van der Waals surface area contributed by atoms with E-state index < -0.39 is 11.2 Å². The summed E-state index contributed by atoms with van der Waals surface area (Å²) in [5, 5.41) is 6.45. The van der Waals surface area contributed by atoms with E-state index in [1.165, 1.54) is 77.5 Å². The summed E-state index contributed by atoms with van der Waals surface area (Å²) < 4.78 is 25.3. The lowest BCUT2D eigenvalue weighted by molar-refractivity contribution is 0.00578. The fraction of sp³-hybridized carbons (Fsp3) is 0.397. The van der Waals surface area contributed by atoms with Crippen LogP contribution in [0.25, 0.3) is 54.3 Å². The fourth-order valence-corrected chi connectivity index (χ4v) is 16.2. The Balaban J connectivity index is 0.000000126. The number of benzene rings is 3. The van der Waals surface area contributed by atoms with Gasteiger partial charge >= 0.3 is 19.3 Å². The quantitative estimate of drug-likeness (QED) is 0.155. The first kappa shape index (κ1) is 69.6. The molecule has 0 radical (unpaired) electrons. The average Bonchev–Trinajstić information content (AvgIpc) is 1.65. The van der Waals surface area contributed by atoms with Gasteiger partial charge < -0.3 is 48.6 Å². The number of anilines is 3. The normalized spacial score (nSPS) is 16.9. The van der Waals surface area contributed by atoms with Crippen molar-refractivity contribution in [2.45, 2.75) is 111 Å². The highest BCUT2D eigenvalue weighted by molar-refractivity contribution is 9.10. The Hall–Kier alpha value is -7.35. The number of hydrogen-bond acceptors (Lipinski definition) is 19. The van der Waals surface area contributed by atoms with Gasteiger partial charge in [0, 0.05) is 167 Å². The molecule has 4 fully saturated rings. The Kier molecular flexibility index (Phi) is 20.7. The van der Waals surface area contributed by atoms with Crippen LogP contribution >= 0.6 is 62.3 Å². The van der Waals surface area contributed by atoms with Crippen molar-refractivity contribution in [3.63, 3.8) is 0 Å². The molecule has 0 unspecified atom stereocenters. The van der Waals surface area contributed by atoms with Gasteiger partial charge in [0.05, 0.1) is 42.8 Å². The number of piperazine rings is 3. The second-order valence-corrected chi connectivity index (χ2v) is 31.7.